The topological polar surface area (TPSA) is 106 Å². The van der Waals surface area contributed by atoms with Crippen LogP contribution in [0.15, 0.2) is 54.6 Å². The number of anilines is 1. The largest absolute Gasteiger partial charge is 0.493 e. The predicted molar refractivity (Wildman–Crippen MR) is 176 cm³/mol. The van der Waals surface area contributed by atoms with Gasteiger partial charge in [0.05, 0.1) is 32.2 Å². The molecule has 2 saturated heterocycles. The van der Waals surface area contributed by atoms with Crippen LogP contribution in [-0.4, -0.2) is 67.2 Å². The highest BCUT2D eigenvalue weighted by atomic mass is 16.5. The third kappa shape index (κ3) is 5.57. The maximum absolute atomic E-state index is 14.4. The third-order valence-electron chi connectivity index (χ3n) is 10.9. The molecule has 9 heteroatoms. The summed E-state index contributed by atoms with van der Waals surface area (Å²) >= 11 is 0. The van der Waals surface area contributed by atoms with Crippen LogP contribution in [0.2, 0.25) is 0 Å². The van der Waals surface area contributed by atoms with E-state index in [0.717, 1.165) is 24.8 Å². The van der Waals surface area contributed by atoms with Crippen molar-refractivity contribution in [1.29, 1.82) is 0 Å². The highest BCUT2D eigenvalue weighted by Gasteiger charge is 2.72. The molecule has 1 aliphatic carbocycles. The molecule has 8 unspecified atom stereocenters. The van der Waals surface area contributed by atoms with Gasteiger partial charge in [0.25, 0.3) is 0 Å². The van der Waals surface area contributed by atoms with Crippen molar-refractivity contribution in [3.8, 4) is 11.5 Å². The summed E-state index contributed by atoms with van der Waals surface area (Å²) in [5.74, 6) is 0.128. The monoisotopic (exact) mass is 629 g/mol. The van der Waals surface area contributed by atoms with Crippen LogP contribution < -0.4 is 20.1 Å². The van der Waals surface area contributed by atoms with Crippen molar-refractivity contribution in [1.82, 2.24) is 10.2 Å². The maximum Gasteiger partial charge on any atom is 0.246 e. The summed E-state index contributed by atoms with van der Waals surface area (Å²) in [7, 11) is 3.18. The molecular formula is C37H47N3O6. The molecule has 46 heavy (non-hydrogen) atoms. The van der Waals surface area contributed by atoms with Crippen molar-refractivity contribution in [2.45, 2.75) is 83.1 Å². The van der Waals surface area contributed by atoms with Crippen LogP contribution in [0.1, 0.15) is 64.0 Å². The SMILES string of the molecule is COc1ccc(CCN2C(=O)C3C(C(=O)Nc4ccc(C(C)C)cc4)C4C=CC3(O4)C2C(=O)NC2CCCC(C)C2C)cc1OC. The molecule has 3 fully saturated rings. The molecule has 3 aliphatic heterocycles. The molecule has 0 radical (unpaired) electrons. The number of carbonyl (C=O) groups excluding carboxylic acids is 3. The highest BCUT2D eigenvalue weighted by molar-refractivity contribution is 6.02. The van der Waals surface area contributed by atoms with Gasteiger partial charge in [0.15, 0.2) is 11.5 Å². The summed E-state index contributed by atoms with van der Waals surface area (Å²) in [6.07, 6.45) is 6.73. The first-order chi connectivity index (χ1) is 22.1. The van der Waals surface area contributed by atoms with Gasteiger partial charge in [-0.15, -0.1) is 0 Å². The number of ether oxygens (including phenoxy) is 3. The van der Waals surface area contributed by atoms with E-state index in [1.807, 2.05) is 54.6 Å². The van der Waals surface area contributed by atoms with Crippen molar-refractivity contribution >= 4 is 23.4 Å². The van der Waals surface area contributed by atoms with Gasteiger partial charge in [-0.05, 0) is 66.0 Å². The van der Waals surface area contributed by atoms with E-state index >= 15 is 0 Å². The molecule has 6 rings (SSSR count). The van der Waals surface area contributed by atoms with Gasteiger partial charge in [-0.3, -0.25) is 14.4 Å². The second-order valence-electron chi connectivity index (χ2n) is 13.8. The molecule has 2 N–H and O–H groups in total. The summed E-state index contributed by atoms with van der Waals surface area (Å²) in [5.41, 5.74) is 1.57. The van der Waals surface area contributed by atoms with Crippen molar-refractivity contribution in [2.75, 3.05) is 26.1 Å². The minimum absolute atomic E-state index is 0.0185. The number of rotatable bonds is 10. The quantitative estimate of drug-likeness (QED) is 0.355. The van der Waals surface area contributed by atoms with Crippen molar-refractivity contribution in [3.63, 3.8) is 0 Å². The highest BCUT2D eigenvalue weighted by Crippen LogP contribution is 2.55. The zero-order chi connectivity index (χ0) is 32.7. The fourth-order valence-corrected chi connectivity index (χ4v) is 8.02. The molecule has 3 amide bonds. The molecular weight excluding hydrogens is 582 g/mol. The van der Waals surface area contributed by atoms with Crippen molar-refractivity contribution < 1.29 is 28.6 Å². The summed E-state index contributed by atoms with van der Waals surface area (Å²) in [6.45, 7) is 8.95. The molecule has 8 atom stereocenters. The van der Waals surface area contributed by atoms with Crippen LogP contribution >= 0.6 is 0 Å². The Morgan fingerprint density at radius 3 is 2.46 bits per heavy atom. The number of likely N-dealkylation sites (tertiary alicyclic amines) is 1. The second kappa shape index (κ2) is 12.7. The van der Waals surface area contributed by atoms with Gasteiger partial charge in [-0.1, -0.05) is 70.9 Å². The number of amides is 3. The number of methoxy groups -OCH3 is 2. The number of nitrogens with one attached hydrogen (secondary N) is 2. The first-order valence-corrected chi connectivity index (χ1v) is 16.7. The van der Waals surface area contributed by atoms with Crippen LogP contribution in [0, 0.1) is 23.7 Å². The number of carbonyl (C=O) groups is 3. The average molecular weight is 630 g/mol. The fraction of sp³-hybridized carbons (Fsp3) is 0.541. The van der Waals surface area contributed by atoms with Crippen LogP contribution in [-0.2, 0) is 25.5 Å². The lowest BCUT2D eigenvalue weighted by molar-refractivity contribution is -0.141. The molecule has 1 spiro atoms. The van der Waals surface area contributed by atoms with Gasteiger partial charge < -0.3 is 29.7 Å². The van der Waals surface area contributed by atoms with E-state index in [9.17, 15) is 14.4 Å². The Morgan fingerprint density at radius 1 is 1.02 bits per heavy atom. The zero-order valence-corrected chi connectivity index (χ0v) is 27.7. The minimum atomic E-state index is -1.21. The number of fused-ring (bicyclic) bond motifs is 1. The smallest absolute Gasteiger partial charge is 0.246 e. The Bertz CT molecular complexity index is 1500. The summed E-state index contributed by atoms with van der Waals surface area (Å²) < 4.78 is 17.5. The van der Waals surface area contributed by atoms with Crippen molar-refractivity contribution in [3.05, 3.63) is 65.7 Å². The van der Waals surface area contributed by atoms with Crippen LogP contribution in [0.5, 0.6) is 11.5 Å². The average Bonchev–Trinajstić information content (AvgIpc) is 3.69. The van der Waals surface area contributed by atoms with Gasteiger partial charge >= 0.3 is 0 Å². The minimum Gasteiger partial charge on any atom is -0.493 e. The number of nitrogens with zero attached hydrogens (tertiary/aromatic N) is 1. The van der Waals surface area contributed by atoms with E-state index in [2.05, 4.69) is 38.3 Å². The standard InChI is InChI=1S/C37H47N3O6/c1-21(2)25-11-13-26(14-12-25)38-34(41)31-29-16-18-37(46-29)32(31)36(43)40(19-17-24-10-15-28(44-5)30(20-24)45-6)33(37)35(42)39-27-9-7-8-22(3)23(27)4/h10-16,18,20-23,27,29,31-33H,7-9,17,19H2,1-6H3,(H,38,41)(H,39,42). The summed E-state index contributed by atoms with van der Waals surface area (Å²) in [4.78, 5) is 44.3. The lowest BCUT2D eigenvalue weighted by atomic mass is 9.73. The normalized spacial score (nSPS) is 31.2. The first kappa shape index (κ1) is 32.1. The molecule has 9 nitrogen and oxygen atoms in total. The van der Waals surface area contributed by atoms with E-state index in [1.165, 1.54) is 5.56 Å². The van der Waals surface area contributed by atoms with E-state index in [1.54, 1.807) is 19.1 Å². The molecule has 0 aromatic heterocycles. The van der Waals surface area contributed by atoms with Crippen LogP contribution in [0.25, 0.3) is 0 Å². The van der Waals surface area contributed by atoms with E-state index in [4.69, 9.17) is 14.2 Å². The Kier molecular flexibility index (Phi) is 8.89. The Balaban J connectivity index is 1.28. The molecule has 2 aromatic carbocycles. The zero-order valence-electron chi connectivity index (χ0n) is 27.7. The van der Waals surface area contributed by atoms with E-state index < -0.39 is 29.6 Å². The molecule has 2 aromatic rings. The van der Waals surface area contributed by atoms with Crippen molar-refractivity contribution in [2.24, 2.45) is 23.7 Å². The fourth-order valence-electron chi connectivity index (χ4n) is 8.02. The number of benzene rings is 2. The molecule has 246 valence electrons. The summed E-state index contributed by atoms with van der Waals surface area (Å²) in [5, 5.41) is 6.36. The Morgan fingerprint density at radius 2 is 1.76 bits per heavy atom. The lowest BCUT2D eigenvalue weighted by Gasteiger charge is -2.38. The third-order valence-corrected chi connectivity index (χ3v) is 10.9. The van der Waals surface area contributed by atoms with Gasteiger partial charge in [0.1, 0.15) is 11.6 Å². The van der Waals surface area contributed by atoms with Gasteiger partial charge in [0, 0.05) is 18.3 Å². The van der Waals surface area contributed by atoms with Gasteiger partial charge in [-0.2, -0.15) is 0 Å². The molecule has 1 saturated carbocycles. The number of hydrogen-bond donors (Lipinski definition) is 2. The second-order valence-corrected chi connectivity index (χ2v) is 13.8. The first-order valence-electron chi connectivity index (χ1n) is 16.7. The van der Waals surface area contributed by atoms with E-state index in [0.29, 0.717) is 41.4 Å². The Hall–Kier alpha value is -3.85. The Labute approximate surface area is 272 Å². The van der Waals surface area contributed by atoms with E-state index in [-0.39, 0.29) is 30.3 Å². The lowest BCUT2D eigenvalue weighted by Crippen LogP contribution is -2.58. The molecule has 4 aliphatic rings. The summed E-state index contributed by atoms with van der Waals surface area (Å²) in [6, 6.07) is 12.6. The predicted octanol–water partition coefficient (Wildman–Crippen LogP) is 5.10. The van der Waals surface area contributed by atoms with Crippen LogP contribution in [0.3, 0.4) is 0 Å². The maximum atomic E-state index is 14.4. The number of hydrogen-bond acceptors (Lipinski definition) is 6. The molecule has 2 bridgehead atoms. The van der Waals surface area contributed by atoms with Gasteiger partial charge in [0.2, 0.25) is 17.7 Å². The van der Waals surface area contributed by atoms with Gasteiger partial charge in [-0.25, -0.2) is 0 Å². The molecule has 3 heterocycles. The van der Waals surface area contributed by atoms with Crippen LogP contribution in [0.4, 0.5) is 5.69 Å².